The van der Waals surface area contributed by atoms with Crippen LogP contribution in [-0.2, 0) is 24.7 Å². The molecule has 0 N–H and O–H groups in total. The van der Waals surface area contributed by atoms with E-state index in [1.165, 1.54) is 0 Å². The monoisotopic (exact) mass is 279 g/mol. The first-order valence-corrected chi connectivity index (χ1v) is 4.16. The second-order valence-electron chi connectivity index (χ2n) is 2.93. The molecule has 17 heavy (non-hydrogen) atoms. The van der Waals surface area contributed by atoms with Crippen molar-refractivity contribution in [1.29, 1.82) is 0 Å². The molecular formula is C9H5F3N3OV+. The van der Waals surface area contributed by atoms with Crippen LogP contribution in [0.2, 0.25) is 0 Å². The van der Waals surface area contributed by atoms with Crippen molar-refractivity contribution < 1.29 is 36.3 Å². The third-order valence-corrected chi connectivity index (χ3v) is 1.82. The molecule has 0 aliphatic rings. The molecule has 4 nitrogen and oxygen atoms in total. The van der Waals surface area contributed by atoms with Crippen molar-refractivity contribution >= 4 is 0 Å². The van der Waals surface area contributed by atoms with Crippen LogP contribution in [0.25, 0.3) is 11.5 Å². The van der Waals surface area contributed by atoms with Gasteiger partial charge in [0.15, 0.2) is 0 Å². The maximum atomic E-state index is 12.6. The van der Waals surface area contributed by atoms with E-state index in [9.17, 15) is 13.2 Å². The normalized spacial score (nSPS) is 11.0. The first kappa shape index (κ1) is 13.6. The van der Waals surface area contributed by atoms with Crippen molar-refractivity contribution in [2.75, 3.05) is 0 Å². The summed E-state index contributed by atoms with van der Waals surface area (Å²) in [6.07, 6.45) is -2.42. The summed E-state index contributed by atoms with van der Waals surface area (Å²) >= 11 is 0. The molecule has 0 spiro atoms. The Bertz CT molecular complexity index is 512. The Morgan fingerprint density at radius 1 is 1.29 bits per heavy atom. The SMILES string of the molecule is [CH2-]c1noc(-c2cnccc2C(F)(F)F)n1.[V+2]. The van der Waals surface area contributed by atoms with Crippen molar-refractivity contribution in [1.82, 2.24) is 15.1 Å². The predicted octanol–water partition coefficient (Wildman–Crippen LogP) is 2.33. The Balaban J connectivity index is 0.00000144. The molecule has 0 amide bonds. The van der Waals surface area contributed by atoms with Crippen LogP contribution in [0.15, 0.2) is 23.0 Å². The summed E-state index contributed by atoms with van der Waals surface area (Å²) in [4.78, 5) is 7.22. The van der Waals surface area contributed by atoms with Gasteiger partial charge in [-0.25, -0.2) is 4.98 Å². The van der Waals surface area contributed by atoms with Gasteiger partial charge in [0.2, 0.25) is 0 Å². The fourth-order valence-electron chi connectivity index (χ4n) is 1.18. The summed E-state index contributed by atoms with van der Waals surface area (Å²) in [5, 5.41) is 3.32. The smallest absolute Gasteiger partial charge is 0.337 e. The standard InChI is InChI=1S/C9H5F3N3O.V/c1-5-14-8(16-15-5)6-4-13-3-2-7(6)9(10,11)12;/h2-4H,1H2;/q-1;+2. The Morgan fingerprint density at radius 2 is 2.00 bits per heavy atom. The van der Waals surface area contributed by atoms with E-state index in [0.717, 1.165) is 18.5 Å². The first-order valence-electron chi connectivity index (χ1n) is 4.16. The van der Waals surface area contributed by atoms with Gasteiger partial charge in [0, 0.05) is 18.2 Å². The third-order valence-electron chi connectivity index (χ3n) is 1.82. The summed E-state index contributed by atoms with van der Waals surface area (Å²) in [7, 11) is 0. The van der Waals surface area contributed by atoms with Crippen molar-refractivity contribution in [3.8, 4) is 11.5 Å². The van der Waals surface area contributed by atoms with Gasteiger partial charge in [0.1, 0.15) is 0 Å². The maximum Gasteiger partial charge on any atom is 2.00 e. The minimum atomic E-state index is -4.49. The topological polar surface area (TPSA) is 51.8 Å². The first-order chi connectivity index (χ1) is 7.48. The van der Waals surface area contributed by atoms with Gasteiger partial charge in [-0.2, -0.15) is 13.2 Å². The molecule has 2 aromatic heterocycles. The van der Waals surface area contributed by atoms with Crippen LogP contribution in [0.5, 0.6) is 0 Å². The predicted molar refractivity (Wildman–Crippen MR) is 47.0 cm³/mol. The fraction of sp³-hybridized carbons (Fsp3) is 0.111. The largest absolute Gasteiger partial charge is 2.00 e. The van der Waals surface area contributed by atoms with Gasteiger partial charge in [0.05, 0.1) is 11.1 Å². The zero-order chi connectivity index (χ0) is 11.8. The van der Waals surface area contributed by atoms with Crippen LogP contribution < -0.4 is 0 Å². The van der Waals surface area contributed by atoms with Crippen molar-refractivity contribution in [3.05, 3.63) is 36.8 Å². The van der Waals surface area contributed by atoms with Crippen LogP contribution in [0.3, 0.4) is 0 Å². The van der Waals surface area contributed by atoms with Gasteiger partial charge >= 0.3 is 24.7 Å². The zero-order valence-electron chi connectivity index (χ0n) is 8.27. The fourth-order valence-corrected chi connectivity index (χ4v) is 1.18. The van der Waals surface area contributed by atoms with Gasteiger partial charge in [0.25, 0.3) is 5.89 Å². The van der Waals surface area contributed by atoms with E-state index in [1.54, 1.807) is 0 Å². The van der Waals surface area contributed by atoms with E-state index >= 15 is 0 Å². The number of halogens is 3. The number of hydrogen-bond acceptors (Lipinski definition) is 4. The number of aromatic nitrogens is 3. The third kappa shape index (κ3) is 2.80. The molecule has 0 saturated carbocycles. The second-order valence-corrected chi connectivity index (χ2v) is 2.93. The molecule has 0 aliphatic heterocycles. The Morgan fingerprint density at radius 3 is 2.53 bits per heavy atom. The molecule has 0 aliphatic carbocycles. The van der Waals surface area contributed by atoms with E-state index in [-0.39, 0.29) is 35.8 Å². The second kappa shape index (κ2) is 4.81. The van der Waals surface area contributed by atoms with E-state index in [4.69, 9.17) is 0 Å². The number of rotatable bonds is 1. The molecule has 8 heteroatoms. The molecular weight excluding hydrogens is 274 g/mol. The Labute approximate surface area is 106 Å². The summed E-state index contributed by atoms with van der Waals surface area (Å²) in [5.74, 6) is -0.225. The van der Waals surface area contributed by atoms with Gasteiger partial charge in [-0.15, -0.1) is 0 Å². The van der Waals surface area contributed by atoms with Crippen LogP contribution >= 0.6 is 0 Å². The average molecular weight is 279 g/mol. The maximum absolute atomic E-state index is 12.6. The molecule has 0 unspecified atom stereocenters. The number of nitrogens with zero attached hydrogens (tertiary/aromatic N) is 3. The van der Waals surface area contributed by atoms with Gasteiger partial charge in [-0.1, -0.05) is 5.16 Å². The van der Waals surface area contributed by atoms with Crippen molar-refractivity contribution in [2.24, 2.45) is 0 Å². The van der Waals surface area contributed by atoms with Crippen LogP contribution in [-0.4, -0.2) is 15.1 Å². The molecule has 0 saturated heterocycles. The average Bonchev–Trinajstić information content (AvgIpc) is 2.64. The van der Waals surface area contributed by atoms with Gasteiger partial charge in [-0.3, -0.25) is 4.98 Å². The minimum Gasteiger partial charge on any atom is -0.337 e. The summed E-state index contributed by atoms with van der Waals surface area (Å²) in [5.41, 5.74) is -1.12. The molecule has 2 heterocycles. The van der Waals surface area contributed by atoms with Gasteiger partial charge in [-0.05, 0) is 6.07 Å². The molecule has 0 fully saturated rings. The molecule has 1 radical (unpaired) electrons. The summed E-state index contributed by atoms with van der Waals surface area (Å²) < 4.78 is 42.4. The Kier molecular flexibility index (Phi) is 3.85. The molecule has 0 atom stereocenters. The molecule has 0 bridgehead atoms. The zero-order valence-corrected chi connectivity index (χ0v) is 9.67. The molecule has 0 aromatic carbocycles. The number of hydrogen-bond donors (Lipinski definition) is 0. The summed E-state index contributed by atoms with van der Waals surface area (Å²) in [6.45, 7) is 3.34. The van der Waals surface area contributed by atoms with Crippen molar-refractivity contribution in [2.45, 2.75) is 6.18 Å². The van der Waals surface area contributed by atoms with Crippen LogP contribution in [0, 0.1) is 6.92 Å². The number of alkyl halides is 3. The van der Waals surface area contributed by atoms with E-state index in [1.807, 2.05) is 0 Å². The minimum absolute atomic E-state index is 0. The van der Waals surface area contributed by atoms with E-state index in [2.05, 4.69) is 26.6 Å². The molecule has 2 rings (SSSR count). The molecule has 2 aromatic rings. The van der Waals surface area contributed by atoms with Crippen molar-refractivity contribution in [3.63, 3.8) is 0 Å². The Hall–Kier alpha value is -1.47. The number of pyridine rings is 1. The quantitative estimate of drug-likeness (QED) is 0.752. The van der Waals surface area contributed by atoms with Crippen LogP contribution in [0.1, 0.15) is 11.4 Å². The summed E-state index contributed by atoms with van der Waals surface area (Å²) in [6, 6.07) is 0.849. The van der Waals surface area contributed by atoms with E-state index in [0.29, 0.717) is 0 Å². The van der Waals surface area contributed by atoms with Gasteiger partial charge < -0.3 is 11.4 Å². The van der Waals surface area contributed by atoms with E-state index < -0.39 is 11.7 Å². The molecule has 87 valence electrons. The van der Waals surface area contributed by atoms with Crippen LogP contribution in [0.4, 0.5) is 13.2 Å².